The van der Waals surface area contributed by atoms with Crippen LogP contribution in [0.15, 0.2) is 29.2 Å². The lowest BCUT2D eigenvalue weighted by atomic mass is 10.0. The molecule has 0 fully saturated rings. The maximum atomic E-state index is 12.0. The summed E-state index contributed by atoms with van der Waals surface area (Å²) in [6, 6.07) is 8.09. The molecule has 1 aromatic carbocycles. The molecular weight excluding hydrogens is 274 g/mol. The van der Waals surface area contributed by atoms with Gasteiger partial charge >= 0.3 is 5.97 Å². The van der Waals surface area contributed by atoms with E-state index < -0.39 is 5.97 Å². The summed E-state index contributed by atoms with van der Waals surface area (Å²) in [5, 5.41) is 8.69. The molecule has 0 saturated heterocycles. The van der Waals surface area contributed by atoms with Gasteiger partial charge in [0, 0.05) is 31.3 Å². The quantitative estimate of drug-likeness (QED) is 0.786. The van der Waals surface area contributed by atoms with Crippen molar-refractivity contribution in [2.24, 2.45) is 5.92 Å². The van der Waals surface area contributed by atoms with Crippen LogP contribution in [0.25, 0.3) is 0 Å². The number of carbonyl (C=O) groups is 2. The zero-order valence-corrected chi connectivity index (χ0v) is 12.9. The molecule has 0 spiro atoms. The molecule has 0 aliphatic carbocycles. The van der Waals surface area contributed by atoms with Gasteiger partial charge in [-0.15, -0.1) is 11.8 Å². The second-order valence-electron chi connectivity index (χ2n) is 5.01. The molecule has 20 heavy (non-hydrogen) atoms. The highest BCUT2D eigenvalue weighted by atomic mass is 32.2. The fraction of sp³-hybridized carbons (Fsp3) is 0.467. The number of hydrogen-bond donors (Lipinski definition) is 1. The molecule has 0 heterocycles. The normalized spacial score (nSPS) is 11.9. The van der Waals surface area contributed by atoms with Crippen molar-refractivity contribution in [3.63, 3.8) is 0 Å². The highest BCUT2D eigenvalue weighted by Gasteiger charge is 2.15. The first kappa shape index (κ1) is 16.6. The predicted octanol–water partition coefficient (Wildman–Crippen LogP) is 2.87. The van der Waals surface area contributed by atoms with Crippen molar-refractivity contribution in [1.29, 1.82) is 0 Å². The van der Waals surface area contributed by atoms with E-state index >= 15 is 0 Å². The van der Waals surface area contributed by atoms with Gasteiger partial charge in [0.05, 0.1) is 0 Å². The Balaban J connectivity index is 2.50. The Kier molecular flexibility index (Phi) is 6.58. The van der Waals surface area contributed by atoms with E-state index in [1.165, 1.54) is 4.90 Å². The van der Waals surface area contributed by atoms with Crippen molar-refractivity contribution in [3.8, 4) is 0 Å². The average molecular weight is 295 g/mol. The maximum absolute atomic E-state index is 12.0. The number of amides is 1. The molecule has 1 amide bonds. The number of hydrogen-bond acceptors (Lipinski definition) is 3. The van der Waals surface area contributed by atoms with Crippen LogP contribution in [0.4, 0.5) is 0 Å². The summed E-state index contributed by atoms with van der Waals surface area (Å²) in [4.78, 5) is 25.4. The van der Waals surface area contributed by atoms with Gasteiger partial charge in [-0.25, -0.2) is 0 Å². The molecule has 0 radical (unpaired) electrons. The fourth-order valence-electron chi connectivity index (χ4n) is 1.92. The first-order chi connectivity index (χ1) is 9.42. The summed E-state index contributed by atoms with van der Waals surface area (Å²) in [5.74, 6) is -1.02. The highest BCUT2D eigenvalue weighted by molar-refractivity contribution is 7.98. The van der Waals surface area contributed by atoms with Gasteiger partial charge in [-0.05, 0) is 29.9 Å². The third-order valence-corrected chi connectivity index (χ3v) is 3.79. The lowest BCUT2D eigenvalue weighted by molar-refractivity contribution is -0.138. The number of rotatable bonds is 7. The van der Waals surface area contributed by atoms with Crippen LogP contribution in [0.3, 0.4) is 0 Å². The second-order valence-corrected chi connectivity index (χ2v) is 5.88. The van der Waals surface area contributed by atoms with Crippen LogP contribution in [-0.4, -0.2) is 35.2 Å². The van der Waals surface area contributed by atoms with Crippen molar-refractivity contribution >= 4 is 23.6 Å². The SMILES string of the molecule is CSc1ccc(CN(C)C(=O)CC(C)CC(=O)O)cc1. The molecule has 0 saturated carbocycles. The zero-order valence-electron chi connectivity index (χ0n) is 12.1. The minimum Gasteiger partial charge on any atom is -0.481 e. The standard InChI is InChI=1S/C15H21NO3S/c1-11(9-15(18)19)8-14(17)16(2)10-12-4-6-13(20-3)7-5-12/h4-7,11H,8-10H2,1-3H3,(H,18,19). The van der Waals surface area contributed by atoms with E-state index in [2.05, 4.69) is 0 Å². The minimum absolute atomic E-state index is 0.0207. The first-order valence-corrected chi connectivity index (χ1v) is 7.73. The van der Waals surface area contributed by atoms with Crippen LogP contribution in [0, 0.1) is 5.92 Å². The van der Waals surface area contributed by atoms with Gasteiger partial charge in [0.15, 0.2) is 0 Å². The number of thioether (sulfide) groups is 1. The van der Waals surface area contributed by atoms with E-state index in [9.17, 15) is 9.59 Å². The number of benzene rings is 1. The van der Waals surface area contributed by atoms with Gasteiger partial charge in [-0.3, -0.25) is 9.59 Å². The van der Waals surface area contributed by atoms with E-state index in [4.69, 9.17) is 5.11 Å². The molecular formula is C15H21NO3S. The Bertz CT molecular complexity index is 459. The van der Waals surface area contributed by atoms with Crippen LogP contribution in [0.1, 0.15) is 25.3 Å². The van der Waals surface area contributed by atoms with Gasteiger partial charge in [-0.2, -0.15) is 0 Å². The highest BCUT2D eigenvalue weighted by Crippen LogP contribution is 2.16. The third kappa shape index (κ3) is 5.65. The average Bonchev–Trinajstić information content (AvgIpc) is 2.38. The van der Waals surface area contributed by atoms with Crippen LogP contribution in [0.5, 0.6) is 0 Å². The molecule has 1 N–H and O–H groups in total. The van der Waals surface area contributed by atoms with Gasteiger partial charge < -0.3 is 10.0 Å². The largest absolute Gasteiger partial charge is 0.481 e. The Morgan fingerprint density at radius 1 is 1.25 bits per heavy atom. The van der Waals surface area contributed by atoms with Gasteiger partial charge in [0.25, 0.3) is 0 Å². The van der Waals surface area contributed by atoms with Gasteiger partial charge in [0.1, 0.15) is 0 Å². The summed E-state index contributed by atoms with van der Waals surface area (Å²) in [7, 11) is 1.75. The van der Waals surface area contributed by atoms with Gasteiger partial charge in [-0.1, -0.05) is 19.1 Å². The van der Waals surface area contributed by atoms with E-state index in [-0.39, 0.29) is 24.7 Å². The summed E-state index contributed by atoms with van der Waals surface area (Å²) < 4.78 is 0. The summed E-state index contributed by atoms with van der Waals surface area (Å²) in [6.07, 6.45) is 2.32. The predicted molar refractivity (Wildman–Crippen MR) is 80.7 cm³/mol. The topological polar surface area (TPSA) is 57.6 Å². The summed E-state index contributed by atoms with van der Waals surface area (Å²) >= 11 is 1.68. The molecule has 0 aliphatic rings. The monoisotopic (exact) mass is 295 g/mol. The number of carboxylic acids is 1. The van der Waals surface area contributed by atoms with E-state index in [0.717, 1.165) is 5.56 Å². The Labute approximate surface area is 124 Å². The minimum atomic E-state index is -0.861. The van der Waals surface area contributed by atoms with Crippen molar-refractivity contribution in [1.82, 2.24) is 4.90 Å². The Morgan fingerprint density at radius 3 is 2.35 bits per heavy atom. The number of carbonyl (C=O) groups excluding carboxylic acids is 1. The molecule has 5 heteroatoms. The lowest BCUT2D eigenvalue weighted by Crippen LogP contribution is -2.28. The van der Waals surface area contributed by atoms with Crippen LogP contribution >= 0.6 is 11.8 Å². The number of nitrogens with zero attached hydrogens (tertiary/aromatic N) is 1. The fourth-order valence-corrected chi connectivity index (χ4v) is 2.33. The molecule has 0 aliphatic heterocycles. The van der Waals surface area contributed by atoms with E-state index in [1.54, 1.807) is 30.6 Å². The Morgan fingerprint density at radius 2 is 1.85 bits per heavy atom. The van der Waals surface area contributed by atoms with E-state index in [0.29, 0.717) is 6.54 Å². The summed E-state index contributed by atoms with van der Waals surface area (Å²) in [5.41, 5.74) is 1.07. The van der Waals surface area contributed by atoms with Crippen molar-refractivity contribution in [2.75, 3.05) is 13.3 Å². The Hall–Kier alpha value is -1.49. The van der Waals surface area contributed by atoms with Crippen molar-refractivity contribution in [3.05, 3.63) is 29.8 Å². The molecule has 1 unspecified atom stereocenters. The molecule has 0 aromatic heterocycles. The third-order valence-electron chi connectivity index (χ3n) is 3.05. The summed E-state index contributed by atoms with van der Waals surface area (Å²) in [6.45, 7) is 2.33. The molecule has 1 atom stereocenters. The molecule has 1 aromatic rings. The number of aliphatic carboxylic acids is 1. The molecule has 4 nitrogen and oxygen atoms in total. The van der Waals surface area contributed by atoms with Crippen LogP contribution in [0.2, 0.25) is 0 Å². The second kappa shape index (κ2) is 7.94. The maximum Gasteiger partial charge on any atom is 0.303 e. The van der Waals surface area contributed by atoms with Crippen molar-refractivity contribution < 1.29 is 14.7 Å². The van der Waals surface area contributed by atoms with Gasteiger partial charge in [0.2, 0.25) is 5.91 Å². The zero-order chi connectivity index (χ0) is 15.1. The van der Waals surface area contributed by atoms with Crippen LogP contribution < -0.4 is 0 Å². The van der Waals surface area contributed by atoms with Crippen LogP contribution in [-0.2, 0) is 16.1 Å². The molecule has 0 bridgehead atoms. The lowest BCUT2D eigenvalue weighted by Gasteiger charge is -2.19. The van der Waals surface area contributed by atoms with E-state index in [1.807, 2.05) is 30.5 Å². The molecule has 110 valence electrons. The number of carboxylic acid groups (broad SMARTS) is 1. The molecule has 1 rings (SSSR count). The first-order valence-electron chi connectivity index (χ1n) is 6.51. The smallest absolute Gasteiger partial charge is 0.303 e. The van der Waals surface area contributed by atoms with Crippen molar-refractivity contribution in [2.45, 2.75) is 31.2 Å².